The van der Waals surface area contributed by atoms with Gasteiger partial charge in [0.05, 0.1) is 6.54 Å². The van der Waals surface area contributed by atoms with Gasteiger partial charge in [0, 0.05) is 22.7 Å². The van der Waals surface area contributed by atoms with E-state index in [1.807, 2.05) is 4.90 Å². The van der Waals surface area contributed by atoms with Crippen LogP contribution in [0.5, 0.6) is 0 Å². The highest BCUT2D eigenvalue weighted by Crippen LogP contribution is 2.14. The number of halogens is 1. The van der Waals surface area contributed by atoms with Crippen LogP contribution in [0.1, 0.15) is 31.4 Å². The summed E-state index contributed by atoms with van der Waals surface area (Å²) in [5.41, 5.74) is 1.23. The van der Waals surface area contributed by atoms with Crippen LogP contribution in [0, 0.1) is 3.57 Å². The third-order valence-electron chi connectivity index (χ3n) is 3.39. The lowest BCUT2D eigenvalue weighted by Crippen LogP contribution is -2.37. The average molecular weight is 358 g/mol. The lowest BCUT2D eigenvalue weighted by Gasteiger charge is -2.18. The minimum atomic E-state index is 0.216. The van der Waals surface area contributed by atoms with Crippen molar-refractivity contribution in [3.8, 4) is 0 Å². The van der Waals surface area contributed by atoms with Crippen LogP contribution >= 0.6 is 22.6 Å². The van der Waals surface area contributed by atoms with Crippen LogP contribution in [0.4, 0.5) is 0 Å². The summed E-state index contributed by atoms with van der Waals surface area (Å²) < 4.78 is 1.23. The number of carbonyl (C=O) groups is 1. The topological polar surface area (TPSA) is 32.3 Å². The number of nitrogens with one attached hydrogen (secondary N) is 1. The van der Waals surface area contributed by atoms with Crippen LogP contribution in [0.2, 0.25) is 0 Å². The van der Waals surface area contributed by atoms with Crippen molar-refractivity contribution in [2.24, 2.45) is 0 Å². The molecule has 0 radical (unpaired) electrons. The zero-order valence-electron chi connectivity index (χ0n) is 10.7. The summed E-state index contributed by atoms with van der Waals surface area (Å²) in [5.74, 6) is 0.227. The predicted molar refractivity (Wildman–Crippen MR) is 81.4 cm³/mol. The molecule has 1 aromatic carbocycles. The van der Waals surface area contributed by atoms with Gasteiger partial charge in [0.1, 0.15) is 0 Å². The number of likely N-dealkylation sites (tertiary alicyclic amines) is 1. The van der Waals surface area contributed by atoms with Crippen molar-refractivity contribution in [2.75, 3.05) is 19.6 Å². The van der Waals surface area contributed by atoms with Gasteiger partial charge in [-0.2, -0.15) is 0 Å². The molecule has 0 spiro atoms. The molecule has 1 aliphatic heterocycles. The summed E-state index contributed by atoms with van der Waals surface area (Å²) >= 11 is 2.30. The number of carbonyl (C=O) groups excluding carboxylic acids is 1. The van der Waals surface area contributed by atoms with E-state index in [9.17, 15) is 4.79 Å². The number of hydrogen-bond acceptors (Lipinski definition) is 2. The van der Waals surface area contributed by atoms with Crippen molar-refractivity contribution < 1.29 is 4.79 Å². The molecule has 4 heteroatoms. The van der Waals surface area contributed by atoms with Crippen molar-refractivity contribution in [1.29, 1.82) is 0 Å². The van der Waals surface area contributed by atoms with Crippen molar-refractivity contribution >= 4 is 28.5 Å². The molecule has 1 saturated heterocycles. The van der Waals surface area contributed by atoms with Gasteiger partial charge in [-0.1, -0.05) is 12.1 Å². The molecular weight excluding hydrogens is 339 g/mol. The van der Waals surface area contributed by atoms with Crippen molar-refractivity contribution in [3.63, 3.8) is 0 Å². The molecule has 0 aromatic heterocycles. The van der Waals surface area contributed by atoms with E-state index in [0.29, 0.717) is 6.54 Å². The fourth-order valence-corrected chi connectivity index (χ4v) is 2.55. The minimum Gasteiger partial charge on any atom is -0.342 e. The van der Waals surface area contributed by atoms with Gasteiger partial charge < -0.3 is 10.2 Å². The van der Waals surface area contributed by atoms with Crippen molar-refractivity contribution in [1.82, 2.24) is 10.2 Å². The second-order valence-electron chi connectivity index (χ2n) is 4.74. The van der Waals surface area contributed by atoms with Crippen LogP contribution < -0.4 is 5.32 Å². The molecule has 98 valence electrons. The summed E-state index contributed by atoms with van der Waals surface area (Å²) in [6.07, 6.45) is 2.30. The first kappa shape index (κ1) is 13.8. The first-order chi connectivity index (χ1) is 8.66. The van der Waals surface area contributed by atoms with Crippen molar-refractivity contribution in [3.05, 3.63) is 33.4 Å². The van der Waals surface area contributed by atoms with Crippen molar-refractivity contribution in [2.45, 2.75) is 25.8 Å². The number of nitrogens with zero attached hydrogens (tertiary/aromatic N) is 1. The normalized spacial score (nSPS) is 16.9. The van der Waals surface area contributed by atoms with Crippen LogP contribution in [0.3, 0.4) is 0 Å². The fourth-order valence-electron chi connectivity index (χ4n) is 2.19. The largest absolute Gasteiger partial charge is 0.342 e. The maximum absolute atomic E-state index is 11.9. The zero-order chi connectivity index (χ0) is 13.0. The summed E-state index contributed by atoms with van der Waals surface area (Å²) in [6.45, 7) is 4.39. The second-order valence-corrected chi connectivity index (χ2v) is 5.99. The Kier molecular flexibility index (Phi) is 5.00. The Morgan fingerprint density at radius 1 is 1.33 bits per heavy atom. The third-order valence-corrected chi connectivity index (χ3v) is 4.11. The number of rotatable bonds is 4. The molecule has 1 aromatic rings. The Morgan fingerprint density at radius 3 is 2.56 bits per heavy atom. The van der Waals surface area contributed by atoms with E-state index in [0.717, 1.165) is 25.9 Å². The van der Waals surface area contributed by atoms with E-state index in [-0.39, 0.29) is 11.9 Å². The summed E-state index contributed by atoms with van der Waals surface area (Å²) in [5, 5.41) is 3.30. The van der Waals surface area contributed by atoms with Crippen LogP contribution in [-0.4, -0.2) is 30.4 Å². The highest BCUT2D eigenvalue weighted by Gasteiger charge is 2.18. The second kappa shape index (κ2) is 6.52. The molecule has 3 nitrogen and oxygen atoms in total. The molecular formula is C14H19IN2O. The highest BCUT2D eigenvalue weighted by molar-refractivity contribution is 14.1. The Hall–Kier alpha value is -0.620. The standard InChI is InChI=1S/C14H19IN2O/c1-11(12-4-6-13(15)7-5-12)16-10-14(18)17-8-2-3-9-17/h4-7,11,16H,2-3,8-10H2,1H3. The molecule has 1 amide bonds. The summed E-state index contributed by atoms with van der Waals surface area (Å²) in [4.78, 5) is 13.8. The van der Waals surface area contributed by atoms with Crippen LogP contribution in [-0.2, 0) is 4.79 Å². The smallest absolute Gasteiger partial charge is 0.236 e. The average Bonchev–Trinajstić information content (AvgIpc) is 2.90. The molecule has 1 heterocycles. The zero-order valence-corrected chi connectivity index (χ0v) is 12.8. The first-order valence-electron chi connectivity index (χ1n) is 6.43. The maximum Gasteiger partial charge on any atom is 0.236 e. The van der Waals surface area contributed by atoms with Gasteiger partial charge in [0.15, 0.2) is 0 Å². The monoisotopic (exact) mass is 358 g/mol. The highest BCUT2D eigenvalue weighted by atomic mass is 127. The molecule has 2 rings (SSSR count). The molecule has 1 N–H and O–H groups in total. The van der Waals surface area contributed by atoms with Gasteiger partial charge in [-0.25, -0.2) is 0 Å². The van der Waals surface area contributed by atoms with Gasteiger partial charge in [0.25, 0.3) is 0 Å². The molecule has 1 fully saturated rings. The van der Waals surface area contributed by atoms with Gasteiger partial charge in [0.2, 0.25) is 5.91 Å². The van der Waals surface area contributed by atoms with Crippen LogP contribution in [0.25, 0.3) is 0 Å². The lowest BCUT2D eigenvalue weighted by molar-refractivity contribution is -0.129. The van der Waals surface area contributed by atoms with E-state index < -0.39 is 0 Å². The molecule has 0 saturated carbocycles. The number of benzene rings is 1. The molecule has 1 aliphatic rings. The van der Waals surface area contributed by atoms with Gasteiger partial charge in [-0.05, 0) is 60.1 Å². The van der Waals surface area contributed by atoms with Gasteiger partial charge in [-0.3, -0.25) is 4.79 Å². The van der Waals surface area contributed by atoms with E-state index in [1.165, 1.54) is 9.13 Å². The number of hydrogen-bond donors (Lipinski definition) is 1. The molecule has 1 atom stereocenters. The number of amides is 1. The van der Waals surface area contributed by atoms with E-state index in [4.69, 9.17) is 0 Å². The Balaban J connectivity index is 1.82. The summed E-state index contributed by atoms with van der Waals surface area (Å²) in [7, 11) is 0. The molecule has 1 unspecified atom stereocenters. The Morgan fingerprint density at radius 2 is 1.94 bits per heavy atom. The third kappa shape index (κ3) is 3.68. The maximum atomic E-state index is 11.9. The minimum absolute atomic E-state index is 0.216. The van der Waals surface area contributed by atoms with Crippen LogP contribution in [0.15, 0.2) is 24.3 Å². The van der Waals surface area contributed by atoms with E-state index in [2.05, 4.69) is 59.1 Å². The fraction of sp³-hybridized carbons (Fsp3) is 0.500. The lowest BCUT2D eigenvalue weighted by atomic mass is 10.1. The quantitative estimate of drug-likeness (QED) is 0.840. The Labute approximate surface area is 122 Å². The van der Waals surface area contributed by atoms with Gasteiger partial charge >= 0.3 is 0 Å². The molecule has 0 bridgehead atoms. The molecule has 0 aliphatic carbocycles. The van der Waals surface area contributed by atoms with E-state index in [1.54, 1.807) is 0 Å². The predicted octanol–water partition coefficient (Wildman–Crippen LogP) is 2.56. The summed E-state index contributed by atoms with van der Waals surface area (Å²) in [6, 6.07) is 8.63. The van der Waals surface area contributed by atoms with E-state index >= 15 is 0 Å². The van der Waals surface area contributed by atoms with Gasteiger partial charge in [-0.15, -0.1) is 0 Å². The molecule has 18 heavy (non-hydrogen) atoms. The first-order valence-corrected chi connectivity index (χ1v) is 7.51. The SMILES string of the molecule is CC(NCC(=O)N1CCCC1)c1ccc(I)cc1. The Bertz CT molecular complexity index is 399.